The molecule has 0 bridgehead atoms. The molecule has 92 valence electrons. The second kappa shape index (κ2) is 4.54. The van der Waals surface area contributed by atoms with Gasteiger partial charge in [0.1, 0.15) is 5.82 Å². The van der Waals surface area contributed by atoms with Crippen LogP contribution < -0.4 is 11.1 Å². The Balaban J connectivity index is 2.20. The maximum absolute atomic E-state index is 5.85. The van der Waals surface area contributed by atoms with E-state index in [-0.39, 0.29) is 0 Å². The van der Waals surface area contributed by atoms with E-state index in [2.05, 4.69) is 25.3 Å². The third-order valence-corrected chi connectivity index (χ3v) is 2.46. The molecular formula is C10H17N7. The number of likely N-dealkylation sites (N-methyl/N-ethyl adjacent to an activating group) is 1. The topological polar surface area (TPSA) is 84.9 Å². The zero-order valence-corrected chi connectivity index (χ0v) is 10.3. The molecule has 2 aromatic heterocycles. The number of nitrogen functional groups attached to an aromatic ring is 1. The molecule has 7 nitrogen and oxygen atoms in total. The summed E-state index contributed by atoms with van der Waals surface area (Å²) >= 11 is 0. The highest BCUT2D eigenvalue weighted by Gasteiger charge is 2.08. The molecule has 0 unspecified atom stereocenters. The lowest BCUT2D eigenvalue weighted by Gasteiger charge is -2.10. The van der Waals surface area contributed by atoms with Crippen LogP contribution in [0.25, 0.3) is 11.0 Å². The van der Waals surface area contributed by atoms with E-state index in [9.17, 15) is 0 Å². The van der Waals surface area contributed by atoms with E-state index in [1.807, 2.05) is 21.1 Å². The van der Waals surface area contributed by atoms with Crippen molar-refractivity contribution in [2.75, 3.05) is 38.2 Å². The molecule has 2 aromatic rings. The summed E-state index contributed by atoms with van der Waals surface area (Å²) in [5, 5.41) is 8.03. The van der Waals surface area contributed by atoms with E-state index in [0.29, 0.717) is 11.8 Å². The van der Waals surface area contributed by atoms with Crippen molar-refractivity contribution in [2.24, 2.45) is 7.05 Å². The summed E-state index contributed by atoms with van der Waals surface area (Å²) in [5.74, 6) is 0.996. The third-order valence-electron chi connectivity index (χ3n) is 2.46. The third kappa shape index (κ3) is 2.44. The summed E-state index contributed by atoms with van der Waals surface area (Å²) in [7, 11) is 5.86. The van der Waals surface area contributed by atoms with Crippen LogP contribution in [0.15, 0.2) is 6.20 Å². The standard InChI is InChI=1S/C10H17N7/c1-16(2)5-4-12-10-14-8(11)7-6-13-17(3)9(7)15-10/h6H,4-5H2,1-3H3,(H3,11,12,14,15). The molecule has 0 radical (unpaired) electrons. The summed E-state index contributed by atoms with van der Waals surface area (Å²) in [6.45, 7) is 1.68. The molecule has 0 saturated heterocycles. The Morgan fingerprint density at radius 3 is 2.88 bits per heavy atom. The molecule has 0 aliphatic rings. The number of fused-ring (bicyclic) bond motifs is 1. The number of nitrogens with zero attached hydrogens (tertiary/aromatic N) is 5. The van der Waals surface area contributed by atoms with Gasteiger partial charge >= 0.3 is 0 Å². The van der Waals surface area contributed by atoms with Gasteiger partial charge in [-0.05, 0) is 14.1 Å². The summed E-state index contributed by atoms with van der Waals surface area (Å²) in [6.07, 6.45) is 1.67. The second-order valence-electron chi connectivity index (χ2n) is 4.17. The minimum atomic E-state index is 0.454. The van der Waals surface area contributed by atoms with Gasteiger partial charge in [0, 0.05) is 20.1 Å². The first-order valence-electron chi connectivity index (χ1n) is 5.42. The largest absolute Gasteiger partial charge is 0.383 e. The van der Waals surface area contributed by atoms with E-state index in [1.54, 1.807) is 10.9 Å². The fourth-order valence-electron chi connectivity index (χ4n) is 1.51. The SMILES string of the molecule is CN(C)CCNc1nc(N)c2cnn(C)c2n1. The molecule has 0 atom stereocenters. The molecule has 0 amide bonds. The number of nitrogens with two attached hydrogens (primary N) is 1. The molecule has 0 fully saturated rings. The summed E-state index contributed by atoms with van der Waals surface area (Å²) in [6, 6.07) is 0. The van der Waals surface area contributed by atoms with Gasteiger partial charge < -0.3 is 16.0 Å². The smallest absolute Gasteiger partial charge is 0.226 e. The van der Waals surface area contributed by atoms with E-state index in [4.69, 9.17) is 5.73 Å². The molecule has 3 N–H and O–H groups in total. The Bertz CT molecular complexity index is 517. The first-order chi connectivity index (χ1) is 8.08. The quantitative estimate of drug-likeness (QED) is 0.771. The lowest BCUT2D eigenvalue weighted by atomic mass is 10.4. The van der Waals surface area contributed by atoms with Gasteiger partial charge in [-0.3, -0.25) is 4.68 Å². The Morgan fingerprint density at radius 1 is 1.41 bits per heavy atom. The molecule has 0 spiro atoms. The van der Waals surface area contributed by atoms with Crippen molar-refractivity contribution in [1.82, 2.24) is 24.6 Å². The Labute approximate surface area is 99.6 Å². The summed E-state index contributed by atoms with van der Waals surface area (Å²) < 4.78 is 1.69. The number of aromatic nitrogens is 4. The fraction of sp³-hybridized carbons (Fsp3) is 0.500. The predicted octanol–water partition coefficient (Wildman–Crippen LogP) is -0.0810. The van der Waals surface area contributed by atoms with Gasteiger partial charge in [0.05, 0.1) is 11.6 Å². The summed E-state index contributed by atoms with van der Waals surface area (Å²) in [4.78, 5) is 10.6. The minimum absolute atomic E-state index is 0.454. The van der Waals surface area contributed by atoms with Crippen LogP contribution in [-0.4, -0.2) is 51.8 Å². The van der Waals surface area contributed by atoms with Gasteiger partial charge in [-0.2, -0.15) is 15.1 Å². The van der Waals surface area contributed by atoms with Gasteiger partial charge in [0.2, 0.25) is 5.95 Å². The average Bonchev–Trinajstić information content (AvgIpc) is 2.61. The van der Waals surface area contributed by atoms with E-state index in [1.165, 1.54) is 0 Å². The van der Waals surface area contributed by atoms with Crippen molar-refractivity contribution in [2.45, 2.75) is 0 Å². The van der Waals surface area contributed by atoms with Crippen LogP contribution in [0.4, 0.5) is 11.8 Å². The average molecular weight is 235 g/mol. The number of aryl methyl sites for hydroxylation is 1. The molecule has 2 heterocycles. The van der Waals surface area contributed by atoms with Gasteiger partial charge in [0.15, 0.2) is 5.65 Å². The fourth-order valence-corrected chi connectivity index (χ4v) is 1.51. The monoisotopic (exact) mass is 235 g/mol. The highest BCUT2D eigenvalue weighted by atomic mass is 15.3. The van der Waals surface area contributed by atoms with Crippen LogP contribution in [0.2, 0.25) is 0 Å². The van der Waals surface area contributed by atoms with Crippen molar-refractivity contribution in [3.05, 3.63) is 6.20 Å². The molecule has 17 heavy (non-hydrogen) atoms. The normalized spacial score (nSPS) is 11.3. The molecular weight excluding hydrogens is 218 g/mol. The highest BCUT2D eigenvalue weighted by Crippen LogP contribution is 2.17. The van der Waals surface area contributed by atoms with Crippen LogP contribution >= 0.6 is 0 Å². The van der Waals surface area contributed by atoms with Gasteiger partial charge in [-0.15, -0.1) is 0 Å². The van der Waals surface area contributed by atoms with Gasteiger partial charge in [-0.1, -0.05) is 0 Å². The Kier molecular flexibility index (Phi) is 3.10. The van der Waals surface area contributed by atoms with Crippen LogP contribution in [0.1, 0.15) is 0 Å². The summed E-state index contributed by atoms with van der Waals surface area (Å²) in [5.41, 5.74) is 6.59. The number of hydrogen-bond acceptors (Lipinski definition) is 6. The van der Waals surface area contributed by atoms with E-state index < -0.39 is 0 Å². The van der Waals surface area contributed by atoms with Crippen LogP contribution in [0, 0.1) is 0 Å². The Morgan fingerprint density at radius 2 is 2.18 bits per heavy atom. The van der Waals surface area contributed by atoms with Gasteiger partial charge in [0.25, 0.3) is 0 Å². The molecule has 0 aliphatic carbocycles. The lowest BCUT2D eigenvalue weighted by molar-refractivity contribution is 0.425. The minimum Gasteiger partial charge on any atom is -0.383 e. The first-order valence-corrected chi connectivity index (χ1v) is 5.42. The maximum Gasteiger partial charge on any atom is 0.226 e. The van der Waals surface area contributed by atoms with Crippen LogP contribution in [-0.2, 0) is 7.05 Å². The van der Waals surface area contributed by atoms with E-state index >= 15 is 0 Å². The molecule has 0 aliphatic heterocycles. The molecule has 0 aromatic carbocycles. The second-order valence-corrected chi connectivity index (χ2v) is 4.17. The lowest BCUT2D eigenvalue weighted by Crippen LogP contribution is -2.21. The number of hydrogen-bond donors (Lipinski definition) is 2. The molecule has 7 heteroatoms. The maximum atomic E-state index is 5.85. The van der Waals surface area contributed by atoms with Crippen molar-refractivity contribution in [3.63, 3.8) is 0 Å². The number of anilines is 2. The van der Waals surface area contributed by atoms with Crippen molar-refractivity contribution in [1.29, 1.82) is 0 Å². The van der Waals surface area contributed by atoms with Gasteiger partial charge in [-0.25, -0.2) is 0 Å². The highest BCUT2D eigenvalue weighted by molar-refractivity contribution is 5.86. The number of nitrogens with one attached hydrogen (secondary N) is 1. The molecule has 0 saturated carbocycles. The first kappa shape index (κ1) is 11.6. The van der Waals surface area contributed by atoms with Crippen LogP contribution in [0.3, 0.4) is 0 Å². The zero-order valence-electron chi connectivity index (χ0n) is 10.3. The van der Waals surface area contributed by atoms with Crippen molar-refractivity contribution >= 4 is 22.8 Å². The predicted molar refractivity (Wildman–Crippen MR) is 67.8 cm³/mol. The van der Waals surface area contributed by atoms with E-state index in [0.717, 1.165) is 24.1 Å². The zero-order chi connectivity index (χ0) is 12.4. The number of rotatable bonds is 4. The molecule has 2 rings (SSSR count). The van der Waals surface area contributed by atoms with Crippen molar-refractivity contribution < 1.29 is 0 Å². The Hall–Kier alpha value is -1.89. The van der Waals surface area contributed by atoms with Crippen LogP contribution in [0.5, 0.6) is 0 Å². The van der Waals surface area contributed by atoms with Crippen molar-refractivity contribution in [3.8, 4) is 0 Å².